The number of rotatable bonds is 6. The average Bonchev–Trinajstić information content (AvgIpc) is 3.12. The van der Waals surface area contributed by atoms with Crippen molar-refractivity contribution >= 4 is 17.5 Å². The Morgan fingerprint density at radius 3 is 2.89 bits per heavy atom. The molecule has 5 heteroatoms. The van der Waals surface area contributed by atoms with E-state index in [1.165, 1.54) is 18.9 Å². The summed E-state index contributed by atoms with van der Waals surface area (Å²) in [6, 6.07) is 4.07. The fourth-order valence-electron chi connectivity index (χ4n) is 2.00. The minimum Gasteiger partial charge on any atom is -0.348 e. The smallest absolute Gasteiger partial charge is 0.234 e. The van der Waals surface area contributed by atoms with Gasteiger partial charge in [-0.15, -0.1) is 0 Å². The zero-order valence-corrected chi connectivity index (χ0v) is 11.6. The molecule has 1 fully saturated rings. The van der Waals surface area contributed by atoms with Crippen LogP contribution in [0.5, 0.6) is 0 Å². The molecule has 3 nitrogen and oxygen atoms in total. The Labute approximate surface area is 117 Å². The summed E-state index contributed by atoms with van der Waals surface area (Å²) < 4.78 is 13.7. The first-order valence-electron chi connectivity index (χ1n) is 6.52. The van der Waals surface area contributed by atoms with Crippen molar-refractivity contribution in [3.05, 3.63) is 34.6 Å². The monoisotopic (exact) mass is 284 g/mol. The third-order valence-corrected chi connectivity index (χ3v) is 3.56. The van der Waals surface area contributed by atoms with Crippen LogP contribution in [0.2, 0.25) is 5.02 Å². The van der Waals surface area contributed by atoms with Crippen molar-refractivity contribution in [3.63, 3.8) is 0 Å². The van der Waals surface area contributed by atoms with E-state index in [2.05, 4.69) is 10.6 Å². The van der Waals surface area contributed by atoms with Gasteiger partial charge < -0.3 is 10.6 Å². The molecule has 2 rings (SSSR count). The van der Waals surface area contributed by atoms with Gasteiger partial charge in [-0.2, -0.15) is 0 Å². The maximum Gasteiger partial charge on any atom is 0.234 e. The lowest BCUT2D eigenvalue weighted by Gasteiger charge is -2.16. The molecule has 0 aliphatic heterocycles. The number of halogens is 2. The van der Waals surface area contributed by atoms with E-state index in [1.54, 1.807) is 19.1 Å². The minimum absolute atomic E-state index is 0.146. The molecule has 0 spiro atoms. The highest BCUT2D eigenvalue weighted by Crippen LogP contribution is 2.27. The molecule has 0 bridgehead atoms. The highest BCUT2D eigenvalue weighted by Gasteiger charge is 2.21. The molecular weight excluding hydrogens is 267 g/mol. The largest absolute Gasteiger partial charge is 0.348 e. The topological polar surface area (TPSA) is 41.1 Å². The fraction of sp³-hybridized carbons (Fsp3) is 0.500. The van der Waals surface area contributed by atoms with Gasteiger partial charge in [0.05, 0.1) is 12.6 Å². The highest BCUT2D eigenvalue weighted by atomic mass is 35.5. The first-order chi connectivity index (χ1) is 9.08. The second-order valence-electron chi connectivity index (χ2n) is 5.00. The fourth-order valence-corrected chi connectivity index (χ4v) is 2.33. The second kappa shape index (κ2) is 6.35. The van der Waals surface area contributed by atoms with Gasteiger partial charge in [0.2, 0.25) is 5.91 Å². The second-order valence-corrected chi connectivity index (χ2v) is 5.41. The van der Waals surface area contributed by atoms with Gasteiger partial charge in [-0.3, -0.25) is 4.79 Å². The van der Waals surface area contributed by atoms with E-state index in [4.69, 9.17) is 11.6 Å². The van der Waals surface area contributed by atoms with Gasteiger partial charge in [0, 0.05) is 10.6 Å². The Morgan fingerprint density at radius 1 is 1.53 bits per heavy atom. The normalized spacial score (nSPS) is 16.2. The van der Waals surface area contributed by atoms with Crippen LogP contribution in [0, 0.1) is 11.7 Å². The van der Waals surface area contributed by atoms with Gasteiger partial charge in [-0.25, -0.2) is 4.39 Å². The first-order valence-corrected chi connectivity index (χ1v) is 6.89. The molecule has 0 saturated heterocycles. The van der Waals surface area contributed by atoms with Crippen LogP contribution < -0.4 is 10.6 Å². The predicted octanol–water partition coefficient (Wildman–Crippen LogP) is 2.66. The summed E-state index contributed by atoms with van der Waals surface area (Å²) >= 11 is 5.96. The number of amides is 1. The molecule has 1 amide bonds. The molecule has 0 aromatic heterocycles. The Kier molecular flexibility index (Phi) is 4.77. The molecule has 1 aliphatic rings. The molecule has 0 radical (unpaired) electrons. The van der Waals surface area contributed by atoms with E-state index in [0.29, 0.717) is 10.6 Å². The summed E-state index contributed by atoms with van der Waals surface area (Å²) in [5.41, 5.74) is 0.333. The maximum absolute atomic E-state index is 13.7. The number of hydrogen-bond acceptors (Lipinski definition) is 2. The van der Waals surface area contributed by atoms with Gasteiger partial charge in [-0.1, -0.05) is 17.7 Å². The van der Waals surface area contributed by atoms with Gasteiger partial charge >= 0.3 is 0 Å². The Hall–Kier alpha value is -1.13. The van der Waals surface area contributed by atoms with E-state index in [0.717, 1.165) is 12.5 Å². The highest BCUT2D eigenvalue weighted by molar-refractivity contribution is 6.31. The van der Waals surface area contributed by atoms with Crippen LogP contribution in [0.1, 0.15) is 31.4 Å². The molecule has 1 saturated carbocycles. The lowest BCUT2D eigenvalue weighted by molar-refractivity contribution is -0.120. The van der Waals surface area contributed by atoms with Crippen LogP contribution in [0.4, 0.5) is 4.39 Å². The lowest BCUT2D eigenvalue weighted by atomic mass is 10.1. The summed E-state index contributed by atoms with van der Waals surface area (Å²) in [4.78, 5) is 11.7. The molecule has 19 heavy (non-hydrogen) atoms. The Morgan fingerprint density at radius 2 is 2.26 bits per heavy atom. The number of benzene rings is 1. The molecule has 1 atom stereocenters. The van der Waals surface area contributed by atoms with E-state index >= 15 is 0 Å². The number of hydrogen-bond donors (Lipinski definition) is 2. The van der Waals surface area contributed by atoms with Crippen LogP contribution in [-0.2, 0) is 4.79 Å². The molecule has 0 heterocycles. The molecule has 1 aromatic rings. The Bertz CT molecular complexity index is 443. The minimum atomic E-state index is -0.441. The lowest BCUT2D eigenvalue weighted by Crippen LogP contribution is -2.36. The molecule has 1 unspecified atom stereocenters. The third kappa shape index (κ3) is 4.18. The van der Waals surface area contributed by atoms with Crippen molar-refractivity contribution < 1.29 is 9.18 Å². The predicted molar refractivity (Wildman–Crippen MR) is 73.6 cm³/mol. The summed E-state index contributed by atoms with van der Waals surface area (Å²) in [6.45, 7) is 2.86. The van der Waals surface area contributed by atoms with Crippen molar-refractivity contribution in [1.82, 2.24) is 10.6 Å². The summed E-state index contributed by atoms with van der Waals surface area (Å²) in [5.74, 6) is 0.185. The van der Waals surface area contributed by atoms with Crippen molar-refractivity contribution in [2.24, 2.45) is 5.92 Å². The van der Waals surface area contributed by atoms with E-state index in [9.17, 15) is 9.18 Å². The molecule has 1 aliphatic carbocycles. The average molecular weight is 285 g/mol. The van der Waals surface area contributed by atoms with Gasteiger partial charge in [0.1, 0.15) is 5.82 Å². The van der Waals surface area contributed by atoms with Crippen LogP contribution in [0.15, 0.2) is 18.2 Å². The number of carbonyl (C=O) groups excluding carboxylic acids is 1. The molecular formula is C14H18ClFN2O. The Balaban J connectivity index is 1.85. The van der Waals surface area contributed by atoms with E-state index < -0.39 is 11.9 Å². The number of nitrogens with one attached hydrogen (secondary N) is 2. The summed E-state index contributed by atoms with van der Waals surface area (Å²) in [5, 5.41) is 6.17. The maximum atomic E-state index is 13.7. The van der Waals surface area contributed by atoms with Crippen LogP contribution in [0.3, 0.4) is 0 Å². The summed E-state index contributed by atoms with van der Waals surface area (Å²) in [7, 11) is 0. The van der Waals surface area contributed by atoms with Crippen LogP contribution >= 0.6 is 11.6 Å². The van der Waals surface area contributed by atoms with E-state index in [-0.39, 0.29) is 12.5 Å². The van der Waals surface area contributed by atoms with Gasteiger partial charge in [0.25, 0.3) is 0 Å². The van der Waals surface area contributed by atoms with Crippen molar-refractivity contribution in [2.45, 2.75) is 25.8 Å². The van der Waals surface area contributed by atoms with Crippen molar-refractivity contribution in [3.8, 4) is 0 Å². The third-order valence-electron chi connectivity index (χ3n) is 3.23. The number of carbonyl (C=O) groups is 1. The van der Waals surface area contributed by atoms with E-state index in [1.807, 2.05) is 0 Å². The van der Waals surface area contributed by atoms with Crippen LogP contribution in [-0.4, -0.2) is 19.0 Å². The standard InChI is InChI=1S/C14H18ClFN2O/c1-9(14-11(15)3-2-4-12(14)16)18-13(19)8-17-7-10-5-6-10/h2-4,9-10,17H,5-8H2,1H3,(H,18,19). The van der Waals surface area contributed by atoms with Crippen molar-refractivity contribution in [1.29, 1.82) is 0 Å². The molecule has 1 aromatic carbocycles. The zero-order chi connectivity index (χ0) is 13.8. The summed E-state index contributed by atoms with van der Waals surface area (Å²) in [6.07, 6.45) is 2.49. The first kappa shape index (κ1) is 14.3. The SMILES string of the molecule is CC(NC(=O)CNCC1CC1)c1c(F)cccc1Cl. The zero-order valence-electron chi connectivity index (χ0n) is 10.9. The van der Waals surface area contributed by atoms with Gasteiger partial charge in [0.15, 0.2) is 0 Å². The molecule has 2 N–H and O–H groups in total. The quantitative estimate of drug-likeness (QED) is 0.843. The molecule has 104 valence electrons. The van der Waals surface area contributed by atoms with Crippen molar-refractivity contribution in [2.75, 3.05) is 13.1 Å². The van der Waals surface area contributed by atoms with Crippen LogP contribution in [0.25, 0.3) is 0 Å². The van der Waals surface area contributed by atoms with Gasteiger partial charge in [-0.05, 0) is 44.4 Å².